The van der Waals surface area contributed by atoms with E-state index in [0.29, 0.717) is 17.9 Å². The highest BCUT2D eigenvalue weighted by atomic mass is 16.5. The van der Waals surface area contributed by atoms with Crippen molar-refractivity contribution in [3.8, 4) is 11.8 Å². The first-order valence-corrected chi connectivity index (χ1v) is 12.7. The number of para-hydroxylation sites is 2. The van der Waals surface area contributed by atoms with Crippen molar-refractivity contribution in [2.75, 3.05) is 0 Å². The van der Waals surface area contributed by atoms with E-state index in [4.69, 9.17) is 14.7 Å². The minimum Gasteiger partial charge on any atom is -0.490 e. The summed E-state index contributed by atoms with van der Waals surface area (Å²) in [5.74, 6) is 1.53. The Morgan fingerprint density at radius 1 is 1.22 bits per heavy atom. The van der Waals surface area contributed by atoms with E-state index in [2.05, 4.69) is 41.1 Å². The van der Waals surface area contributed by atoms with Crippen molar-refractivity contribution in [2.45, 2.75) is 52.3 Å². The van der Waals surface area contributed by atoms with E-state index in [1.165, 1.54) is 11.1 Å². The molecule has 6 heteroatoms. The molecule has 0 bridgehead atoms. The molecule has 0 saturated heterocycles. The summed E-state index contributed by atoms with van der Waals surface area (Å²) in [6.45, 7) is 10.8. The number of ether oxygens (including phenoxy) is 1. The van der Waals surface area contributed by atoms with Gasteiger partial charge in [0.05, 0.1) is 34.9 Å². The normalized spacial score (nSPS) is 15.1. The van der Waals surface area contributed by atoms with Crippen LogP contribution in [0.5, 0.6) is 5.75 Å². The fourth-order valence-electron chi connectivity index (χ4n) is 4.97. The van der Waals surface area contributed by atoms with Gasteiger partial charge in [0.15, 0.2) is 0 Å². The summed E-state index contributed by atoms with van der Waals surface area (Å²) in [6, 6.07) is 22.6. The minimum atomic E-state index is 0.00435. The Balaban J connectivity index is 1.33. The molecular weight excluding hydrogens is 458 g/mol. The maximum atomic E-state index is 9.58. The summed E-state index contributed by atoms with van der Waals surface area (Å²) >= 11 is 0. The van der Waals surface area contributed by atoms with E-state index >= 15 is 0 Å². The lowest BCUT2D eigenvalue weighted by atomic mass is 10.00. The Morgan fingerprint density at radius 3 is 2.84 bits per heavy atom. The van der Waals surface area contributed by atoms with Crippen molar-refractivity contribution in [1.82, 2.24) is 15.3 Å². The summed E-state index contributed by atoms with van der Waals surface area (Å²) in [5, 5.41) is 13.3. The number of hydrogen-bond acceptors (Lipinski definition) is 5. The van der Waals surface area contributed by atoms with Gasteiger partial charge >= 0.3 is 0 Å². The SMILES string of the molecule is C=C(N=C(C)c1ccc(OC(C)C)c(C#N)c1)c1cccc2c1CCC2NCc1nc2ccccc2[nH]1. The van der Waals surface area contributed by atoms with Crippen LogP contribution in [0.25, 0.3) is 16.7 Å². The molecular formula is C31H31N5O. The van der Waals surface area contributed by atoms with Crippen LogP contribution in [0, 0.1) is 11.3 Å². The van der Waals surface area contributed by atoms with Gasteiger partial charge in [-0.1, -0.05) is 36.9 Å². The average molecular weight is 490 g/mol. The number of nitriles is 1. The van der Waals surface area contributed by atoms with Gasteiger partial charge in [-0.3, -0.25) is 4.99 Å². The summed E-state index contributed by atoms with van der Waals surface area (Å²) in [4.78, 5) is 12.9. The number of nitrogens with one attached hydrogen (secondary N) is 2. The van der Waals surface area contributed by atoms with Crippen molar-refractivity contribution >= 4 is 22.4 Å². The molecule has 1 heterocycles. The van der Waals surface area contributed by atoms with Crippen LogP contribution in [-0.4, -0.2) is 21.8 Å². The quantitative estimate of drug-likeness (QED) is 0.277. The van der Waals surface area contributed by atoms with Crippen LogP contribution < -0.4 is 10.1 Å². The van der Waals surface area contributed by atoms with E-state index in [9.17, 15) is 5.26 Å². The fourth-order valence-corrected chi connectivity index (χ4v) is 4.97. The predicted molar refractivity (Wildman–Crippen MR) is 149 cm³/mol. The van der Waals surface area contributed by atoms with Gasteiger partial charge in [-0.05, 0) is 80.6 Å². The highest BCUT2D eigenvalue weighted by molar-refractivity contribution is 6.02. The van der Waals surface area contributed by atoms with Gasteiger partial charge < -0.3 is 15.0 Å². The summed E-state index contributed by atoms with van der Waals surface area (Å²) in [7, 11) is 0. The van der Waals surface area contributed by atoms with Crippen LogP contribution in [0.4, 0.5) is 0 Å². The van der Waals surface area contributed by atoms with Gasteiger partial charge in [0.25, 0.3) is 0 Å². The molecule has 37 heavy (non-hydrogen) atoms. The van der Waals surface area contributed by atoms with E-state index in [1.807, 2.05) is 63.2 Å². The number of hydrogen-bond donors (Lipinski definition) is 2. The molecule has 2 N–H and O–H groups in total. The average Bonchev–Trinajstić information content (AvgIpc) is 3.50. The van der Waals surface area contributed by atoms with Crippen LogP contribution in [0.1, 0.15) is 66.9 Å². The van der Waals surface area contributed by atoms with Crippen molar-refractivity contribution < 1.29 is 4.74 Å². The lowest BCUT2D eigenvalue weighted by Gasteiger charge is -2.15. The molecule has 1 aliphatic carbocycles. The molecule has 4 aromatic rings. The molecule has 0 amide bonds. The van der Waals surface area contributed by atoms with Crippen LogP contribution >= 0.6 is 0 Å². The zero-order valence-electron chi connectivity index (χ0n) is 21.5. The molecule has 5 rings (SSSR count). The van der Waals surface area contributed by atoms with E-state index in [-0.39, 0.29) is 12.1 Å². The highest BCUT2D eigenvalue weighted by Gasteiger charge is 2.25. The Labute approximate surface area is 217 Å². The standard InChI is InChI=1S/C31H31N5O/c1-19(2)37-30-15-12-22(16-23(30)17-32)20(3)34-21(4)24-8-7-9-26-25(24)13-14-27(26)33-18-31-35-28-10-5-6-11-29(28)36-31/h5-12,15-16,19,27,33H,4,13-14,18H2,1-3H3,(H,35,36). The third-order valence-corrected chi connectivity index (χ3v) is 6.72. The molecule has 0 saturated carbocycles. The van der Waals surface area contributed by atoms with Crippen LogP contribution in [-0.2, 0) is 13.0 Å². The van der Waals surface area contributed by atoms with E-state index in [1.54, 1.807) is 0 Å². The van der Waals surface area contributed by atoms with Crippen LogP contribution in [0.3, 0.4) is 0 Å². The number of H-pyrrole nitrogens is 1. The van der Waals surface area contributed by atoms with Gasteiger partial charge in [-0.15, -0.1) is 0 Å². The number of nitrogens with zero attached hydrogens (tertiary/aromatic N) is 3. The number of imidazole rings is 1. The Morgan fingerprint density at radius 2 is 2.05 bits per heavy atom. The summed E-state index contributed by atoms with van der Waals surface area (Å²) < 4.78 is 5.75. The van der Waals surface area contributed by atoms with Crippen LogP contribution in [0.15, 0.2) is 72.2 Å². The Bertz CT molecular complexity index is 1510. The van der Waals surface area contributed by atoms with Gasteiger partial charge in [-0.25, -0.2) is 4.98 Å². The Kier molecular flexibility index (Phi) is 6.89. The zero-order chi connectivity index (χ0) is 25.9. The van der Waals surface area contributed by atoms with Gasteiger partial charge in [-0.2, -0.15) is 5.26 Å². The topological polar surface area (TPSA) is 86.1 Å². The molecule has 0 fully saturated rings. The molecule has 0 spiro atoms. The second-order valence-electron chi connectivity index (χ2n) is 9.68. The molecule has 3 aromatic carbocycles. The molecule has 1 aromatic heterocycles. The molecule has 0 aliphatic heterocycles. The molecule has 1 unspecified atom stereocenters. The monoisotopic (exact) mass is 489 g/mol. The zero-order valence-corrected chi connectivity index (χ0v) is 21.5. The van der Waals surface area contributed by atoms with Crippen molar-refractivity contribution in [3.05, 3.63) is 101 Å². The molecule has 0 radical (unpaired) electrons. The first-order chi connectivity index (χ1) is 17.9. The molecule has 1 atom stereocenters. The lowest BCUT2D eigenvalue weighted by molar-refractivity contribution is 0.241. The van der Waals surface area contributed by atoms with E-state index in [0.717, 1.165) is 52.2 Å². The molecule has 1 aliphatic rings. The predicted octanol–water partition coefficient (Wildman–Crippen LogP) is 6.48. The largest absolute Gasteiger partial charge is 0.490 e. The number of aromatic nitrogens is 2. The maximum absolute atomic E-state index is 9.58. The van der Waals surface area contributed by atoms with E-state index < -0.39 is 0 Å². The highest BCUT2D eigenvalue weighted by Crippen LogP contribution is 2.36. The van der Waals surface area contributed by atoms with Crippen molar-refractivity contribution in [3.63, 3.8) is 0 Å². The first-order valence-electron chi connectivity index (χ1n) is 12.7. The van der Waals surface area contributed by atoms with Gasteiger partial charge in [0.2, 0.25) is 0 Å². The number of aromatic amines is 1. The van der Waals surface area contributed by atoms with Crippen LogP contribution in [0.2, 0.25) is 0 Å². The minimum absolute atomic E-state index is 0.00435. The Hall–Kier alpha value is -4.21. The lowest BCUT2D eigenvalue weighted by Crippen LogP contribution is -2.19. The number of benzene rings is 3. The van der Waals surface area contributed by atoms with Gasteiger partial charge in [0.1, 0.15) is 17.6 Å². The smallest absolute Gasteiger partial charge is 0.137 e. The fraction of sp³-hybridized carbons (Fsp3) is 0.258. The maximum Gasteiger partial charge on any atom is 0.137 e. The summed E-state index contributed by atoms with van der Waals surface area (Å²) in [5.41, 5.74) is 8.64. The molecule has 186 valence electrons. The van der Waals surface area contributed by atoms with Crippen molar-refractivity contribution in [1.29, 1.82) is 5.26 Å². The summed E-state index contributed by atoms with van der Waals surface area (Å²) in [6.07, 6.45) is 1.99. The number of aliphatic imine (C=N–C) groups is 1. The van der Waals surface area contributed by atoms with Crippen molar-refractivity contribution in [2.24, 2.45) is 4.99 Å². The number of fused-ring (bicyclic) bond motifs is 2. The molecule has 6 nitrogen and oxygen atoms in total. The second kappa shape index (κ2) is 10.4. The third kappa shape index (κ3) is 5.18. The number of rotatable bonds is 8. The second-order valence-corrected chi connectivity index (χ2v) is 9.68. The van der Waals surface area contributed by atoms with Gasteiger partial charge in [0, 0.05) is 17.3 Å². The third-order valence-electron chi connectivity index (χ3n) is 6.72. The first kappa shape index (κ1) is 24.5.